The van der Waals surface area contributed by atoms with E-state index in [1.807, 2.05) is 0 Å². The lowest BCUT2D eigenvalue weighted by atomic mass is 10.1. The molecule has 0 aliphatic carbocycles. The summed E-state index contributed by atoms with van der Waals surface area (Å²) >= 11 is 6.20. The van der Waals surface area contributed by atoms with Gasteiger partial charge in [-0.1, -0.05) is 11.6 Å². The number of halogens is 1. The molecule has 0 spiro atoms. The minimum Gasteiger partial charge on any atom is -0.490 e. The number of primary amides is 1. The van der Waals surface area contributed by atoms with Crippen LogP contribution in [0.5, 0.6) is 11.5 Å². The number of hydrogen-bond acceptors (Lipinski definition) is 6. The van der Waals surface area contributed by atoms with Crippen LogP contribution in [-0.2, 0) is 4.79 Å². The summed E-state index contributed by atoms with van der Waals surface area (Å²) in [6, 6.07) is 2.97. The van der Waals surface area contributed by atoms with Crippen LogP contribution in [0.2, 0.25) is 5.02 Å². The van der Waals surface area contributed by atoms with Crippen LogP contribution in [0.4, 0.5) is 0 Å². The number of aliphatic carboxylic acids is 1. The molecule has 9 nitrogen and oxygen atoms in total. The molecule has 0 saturated heterocycles. The van der Waals surface area contributed by atoms with Gasteiger partial charge in [0.2, 0.25) is 0 Å². The first-order valence-corrected chi connectivity index (χ1v) is 7.29. The van der Waals surface area contributed by atoms with E-state index in [4.69, 9.17) is 31.9 Å². The molecule has 0 aliphatic rings. The average Bonchev–Trinajstić information content (AvgIpc) is 3.00. The van der Waals surface area contributed by atoms with Crippen molar-refractivity contribution < 1.29 is 24.2 Å². The molecule has 1 unspecified atom stereocenters. The molecule has 128 valence electrons. The molecule has 4 N–H and O–H groups in total. The Morgan fingerprint density at radius 2 is 2.12 bits per heavy atom. The molecule has 1 aromatic carbocycles. The van der Waals surface area contributed by atoms with E-state index in [0.29, 0.717) is 12.2 Å². The maximum Gasteiger partial charge on any atom is 0.344 e. The first kappa shape index (κ1) is 17.5. The fourth-order valence-corrected chi connectivity index (χ4v) is 2.17. The van der Waals surface area contributed by atoms with Crippen molar-refractivity contribution in [2.75, 3.05) is 6.61 Å². The number of carboxylic acid groups (broad SMARTS) is 1. The Hall–Kier alpha value is -2.81. The number of carboxylic acids is 1. The molecule has 1 amide bonds. The molecule has 2 rings (SSSR count). The molecule has 1 atom stereocenters. The fourth-order valence-electron chi connectivity index (χ4n) is 1.91. The zero-order valence-electron chi connectivity index (χ0n) is 12.9. The van der Waals surface area contributed by atoms with Crippen LogP contribution in [0.25, 0.3) is 11.3 Å². The minimum absolute atomic E-state index is 0.0545. The third kappa shape index (κ3) is 3.57. The predicted molar refractivity (Wildman–Crippen MR) is 84.2 cm³/mol. The molecule has 0 radical (unpaired) electrons. The van der Waals surface area contributed by atoms with Gasteiger partial charge < -0.3 is 20.3 Å². The van der Waals surface area contributed by atoms with Gasteiger partial charge in [0.05, 0.1) is 11.6 Å². The number of benzene rings is 1. The van der Waals surface area contributed by atoms with Crippen molar-refractivity contribution in [3.8, 4) is 22.8 Å². The quantitative estimate of drug-likeness (QED) is 0.683. The second-order valence-corrected chi connectivity index (χ2v) is 5.11. The average molecular weight is 355 g/mol. The Balaban J connectivity index is 2.52. The van der Waals surface area contributed by atoms with E-state index < -0.39 is 18.0 Å². The normalized spacial score (nSPS) is 11.8. The first-order chi connectivity index (χ1) is 11.3. The molecule has 10 heteroatoms. The molecule has 0 saturated carbocycles. The van der Waals surface area contributed by atoms with Gasteiger partial charge in [-0.2, -0.15) is 15.4 Å². The van der Waals surface area contributed by atoms with E-state index in [2.05, 4.69) is 15.4 Å². The van der Waals surface area contributed by atoms with Gasteiger partial charge in [0.25, 0.3) is 5.91 Å². The van der Waals surface area contributed by atoms with Gasteiger partial charge in [-0.25, -0.2) is 4.79 Å². The summed E-state index contributed by atoms with van der Waals surface area (Å²) in [5, 5.41) is 19.0. The number of nitrogens with two attached hydrogens (primary N) is 1. The van der Waals surface area contributed by atoms with Crippen molar-refractivity contribution in [3.05, 3.63) is 22.8 Å². The lowest BCUT2D eigenvalue weighted by molar-refractivity contribution is -0.144. The Morgan fingerprint density at radius 1 is 1.42 bits per heavy atom. The van der Waals surface area contributed by atoms with Gasteiger partial charge in [0.15, 0.2) is 23.3 Å². The molecule has 1 heterocycles. The molecule has 24 heavy (non-hydrogen) atoms. The van der Waals surface area contributed by atoms with Gasteiger partial charge in [-0.05, 0) is 26.0 Å². The third-order valence-corrected chi connectivity index (χ3v) is 3.29. The number of aromatic amines is 1. The van der Waals surface area contributed by atoms with E-state index in [1.165, 1.54) is 19.1 Å². The Morgan fingerprint density at radius 3 is 2.71 bits per heavy atom. The van der Waals surface area contributed by atoms with Crippen LogP contribution in [0.15, 0.2) is 12.1 Å². The van der Waals surface area contributed by atoms with Crippen LogP contribution in [0.3, 0.4) is 0 Å². The van der Waals surface area contributed by atoms with Gasteiger partial charge in [-0.3, -0.25) is 4.79 Å². The van der Waals surface area contributed by atoms with Crippen LogP contribution < -0.4 is 15.2 Å². The van der Waals surface area contributed by atoms with Crippen LogP contribution in [0, 0.1) is 0 Å². The lowest BCUT2D eigenvalue weighted by Gasteiger charge is -2.17. The van der Waals surface area contributed by atoms with E-state index in [9.17, 15) is 9.59 Å². The van der Waals surface area contributed by atoms with Crippen LogP contribution in [0.1, 0.15) is 24.3 Å². The van der Waals surface area contributed by atoms with Crippen molar-refractivity contribution >= 4 is 23.5 Å². The standard InChI is InChI=1S/C14H15ClN4O5/c1-3-23-9-5-7(10-11(13(16)20)18-19-17-10)4-8(15)12(9)24-6(2)14(21)22/h4-6H,3H2,1-2H3,(H2,16,20)(H,21,22)(H,17,18,19). The number of rotatable bonds is 7. The number of nitrogens with zero attached hydrogens (tertiary/aromatic N) is 2. The Bertz CT molecular complexity index is 777. The maximum atomic E-state index is 11.4. The van der Waals surface area contributed by atoms with Crippen molar-refractivity contribution in [3.63, 3.8) is 0 Å². The van der Waals surface area contributed by atoms with Gasteiger partial charge in [0, 0.05) is 5.56 Å². The predicted octanol–water partition coefficient (Wildman–Crippen LogP) is 1.47. The molecule has 1 aromatic heterocycles. The number of amides is 1. The Labute approximate surface area is 141 Å². The molecular formula is C14H15ClN4O5. The van der Waals surface area contributed by atoms with Crippen molar-refractivity contribution in [2.45, 2.75) is 20.0 Å². The number of carbonyl (C=O) groups excluding carboxylic acids is 1. The second kappa shape index (κ2) is 7.18. The van der Waals surface area contributed by atoms with E-state index >= 15 is 0 Å². The highest BCUT2D eigenvalue weighted by molar-refractivity contribution is 6.32. The summed E-state index contributed by atoms with van der Waals surface area (Å²) < 4.78 is 10.8. The van der Waals surface area contributed by atoms with Gasteiger partial charge in [-0.15, -0.1) is 0 Å². The SMILES string of the molecule is CCOc1cc(-c2n[nH]nc2C(N)=O)cc(Cl)c1OC(C)C(=O)O. The number of ether oxygens (including phenoxy) is 2. The second-order valence-electron chi connectivity index (χ2n) is 4.70. The number of H-pyrrole nitrogens is 1. The Kier molecular flexibility index (Phi) is 5.24. The fraction of sp³-hybridized carbons (Fsp3) is 0.286. The number of hydrogen-bond donors (Lipinski definition) is 3. The van der Waals surface area contributed by atoms with E-state index in [1.54, 1.807) is 6.92 Å². The molecule has 0 aliphatic heterocycles. The van der Waals surface area contributed by atoms with Gasteiger partial charge >= 0.3 is 5.97 Å². The highest BCUT2D eigenvalue weighted by Gasteiger charge is 2.22. The summed E-state index contributed by atoms with van der Waals surface area (Å²) in [5.41, 5.74) is 5.81. The zero-order chi connectivity index (χ0) is 17.9. The van der Waals surface area contributed by atoms with Crippen molar-refractivity contribution in [2.24, 2.45) is 5.73 Å². The van der Waals surface area contributed by atoms with Crippen molar-refractivity contribution in [1.82, 2.24) is 15.4 Å². The monoisotopic (exact) mass is 354 g/mol. The highest BCUT2D eigenvalue weighted by atomic mass is 35.5. The zero-order valence-corrected chi connectivity index (χ0v) is 13.6. The van der Waals surface area contributed by atoms with Crippen LogP contribution >= 0.6 is 11.6 Å². The molecule has 0 bridgehead atoms. The number of carbonyl (C=O) groups is 2. The van der Waals surface area contributed by atoms with E-state index in [-0.39, 0.29) is 27.9 Å². The third-order valence-electron chi connectivity index (χ3n) is 3.01. The lowest BCUT2D eigenvalue weighted by Crippen LogP contribution is -2.23. The first-order valence-electron chi connectivity index (χ1n) is 6.91. The summed E-state index contributed by atoms with van der Waals surface area (Å²) in [5.74, 6) is -1.61. The summed E-state index contributed by atoms with van der Waals surface area (Å²) in [4.78, 5) is 22.4. The smallest absolute Gasteiger partial charge is 0.344 e. The largest absolute Gasteiger partial charge is 0.490 e. The minimum atomic E-state index is -1.15. The van der Waals surface area contributed by atoms with E-state index in [0.717, 1.165) is 0 Å². The molecule has 0 fully saturated rings. The molecular weight excluding hydrogens is 340 g/mol. The molecule has 2 aromatic rings. The topological polar surface area (TPSA) is 140 Å². The highest BCUT2D eigenvalue weighted by Crippen LogP contribution is 2.40. The number of aromatic nitrogens is 3. The van der Waals surface area contributed by atoms with Crippen molar-refractivity contribution in [1.29, 1.82) is 0 Å². The maximum absolute atomic E-state index is 11.4. The van der Waals surface area contributed by atoms with Gasteiger partial charge in [0.1, 0.15) is 5.69 Å². The summed E-state index contributed by atoms with van der Waals surface area (Å²) in [7, 11) is 0. The van der Waals surface area contributed by atoms with Crippen LogP contribution in [-0.4, -0.2) is 45.1 Å². The number of nitrogens with one attached hydrogen (secondary N) is 1. The summed E-state index contributed by atoms with van der Waals surface area (Å²) in [6.45, 7) is 3.40. The summed E-state index contributed by atoms with van der Waals surface area (Å²) in [6.07, 6.45) is -1.12.